The second-order valence-corrected chi connectivity index (χ2v) is 9.85. The predicted octanol–water partition coefficient (Wildman–Crippen LogP) is 7.61. The number of allylic oxidation sites excluding steroid dienone is 1. The van der Waals surface area contributed by atoms with Crippen LogP contribution in [0.25, 0.3) is 22.1 Å². The standard InChI is InChI=1S/C33H34F3NO4/c1-4-7-27-29(38)17-16-26-28(21-22-8-14-25(15-9-22)40-20-19-37(6-3)18-5-2)30(32(39)41-31(26)27)23-10-12-24(13-11-23)33(34,35)36/h4,8-17,38H,1,5-7,18-21H2,2-3H3. The van der Waals surface area contributed by atoms with Crippen LogP contribution in [0, 0.1) is 0 Å². The van der Waals surface area contributed by atoms with Crippen LogP contribution >= 0.6 is 0 Å². The Balaban J connectivity index is 1.73. The summed E-state index contributed by atoms with van der Waals surface area (Å²) >= 11 is 0. The quantitative estimate of drug-likeness (QED) is 0.141. The molecule has 0 radical (unpaired) electrons. The summed E-state index contributed by atoms with van der Waals surface area (Å²) < 4.78 is 51.2. The van der Waals surface area contributed by atoms with Gasteiger partial charge in [-0.3, -0.25) is 0 Å². The van der Waals surface area contributed by atoms with Gasteiger partial charge in [0, 0.05) is 17.5 Å². The lowest BCUT2D eigenvalue weighted by molar-refractivity contribution is -0.137. The third-order valence-corrected chi connectivity index (χ3v) is 7.08. The van der Waals surface area contributed by atoms with Crippen molar-refractivity contribution in [2.45, 2.75) is 39.3 Å². The molecule has 0 aliphatic carbocycles. The first-order valence-electron chi connectivity index (χ1n) is 13.7. The van der Waals surface area contributed by atoms with E-state index in [0.717, 1.165) is 49.5 Å². The monoisotopic (exact) mass is 565 g/mol. The number of halogens is 3. The van der Waals surface area contributed by atoms with Crippen LogP contribution in [0.15, 0.2) is 82.5 Å². The van der Waals surface area contributed by atoms with E-state index in [-0.39, 0.29) is 23.3 Å². The lowest BCUT2D eigenvalue weighted by atomic mass is 9.91. The van der Waals surface area contributed by atoms with Crippen LogP contribution in [0.4, 0.5) is 13.2 Å². The van der Waals surface area contributed by atoms with Gasteiger partial charge in [0.05, 0.1) is 11.1 Å². The normalized spacial score (nSPS) is 11.8. The van der Waals surface area contributed by atoms with Gasteiger partial charge in [0.25, 0.3) is 0 Å². The van der Waals surface area contributed by atoms with Crippen molar-refractivity contribution >= 4 is 11.0 Å². The summed E-state index contributed by atoms with van der Waals surface area (Å²) in [5.41, 5.74) is 1.10. The fourth-order valence-electron chi connectivity index (χ4n) is 4.96. The van der Waals surface area contributed by atoms with Gasteiger partial charge in [-0.05, 0) is 85.4 Å². The van der Waals surface area contributed by atoms with E-state index in [0.29, 0.717) is 35.1 Å². The fraction of sp³-hybridized carbons (Fsp3) is 0.303. The predicted molar refractivity (Wildman–Crippen MR) is 156 cm³/mol. The van der Waals surface area contributed by atoms with Gasteiger partial charge in [0.2, 0.25) is 0 Å². The molecule has 8 heteroatoms. The molecule has 0 saturated carbocycles. The number of rotatable bonds is 12. The van der Waals surface area contributed by atoms with Crippen molar-refractivity contribution in [2.75, 3.05) is 26.2 Å². The van der Waals surface area contributed by atoms with Crippen molar-refractivity contribution in [3.05, 3.63) is 106 Å². The maximum Gasteiger partial charge on any atom is 0.416 e. The molecule has 0 atom stereocenters. The highest BCUT2D eigenvalue weighted by atomic mass is 19.4. The molecule has 1 N–H and O–H groups in total. The van der Waals surface area contributed by atoms with Crippen molar-refractivity contribution < 1.29 is 27.4 Å². The van der Waals surface area contributed by atoms with Crippen molar-refractivity contribution in [3.8, 4) is 22.6 Å². The van der Waals surface area contributed by atoms with E-state index in [1.807, 2.05) is 24.3 Å². The Bertz CT molecular complexity index is 1540. The van der Waals surface area contributed by atoms with Gasteiger partial charge in [-0.2, -0.15) is 13.2 Å². The average Bonchev–Trinajstić information content (AvgIpc) is 2.95. The maximum absolute atomic E-state index is 13.4. The molecule has 0 spiro atoms. The Hall–Kier alpha value is -4.04. The molecule has 5 nitrogen and oxygen atoms in total. The van der Waals surface area contributed by atoms with Gasteiger partial charge in [0.1, 0.15) is 23.7 Å². The molecule has 216 valence electrons. The third-order valence-electron chi connectivity index (χ3n) is 7.08. The van der Waals surface area contributed by atoms with Gasteiger partial charge in [-0.15, -0.1) is 6.58 Å². The second kappa shape index (κ2) is 13.1. The molecular weight excluding hydrogens is 531 g/mol. The fourth-order valence-corrected chi connectivity index (χ4v) is 4.96. The first kappa shape index (κ1) is 29.9. The second-order valence-electron chi connectivity index (χ2n) is 9.85. The minimum Gasteiger partial charge on any atom is -0.508 e. The largest absolute Gasteiger partial charge is 0.508 e. The lowest BCUT2D eigenvalue weighted by Gasteiger charge is -2.19. The molecule has 4 aromatic rings. The Morgan fingerprint density at radius 1 is 0.976 bits per heavy atom. The Morgan fingerprint density at radius 2 is 1.68 bits per heavy atom. The van der Waals surface area contributed by atoms with Gasteiger partial charge in [0.15, 0.2) is 0 Å². The lowest BCUT2D eigenvalue weighted by Crippen LogP contribution is -2.28. The summed E-state index contributed by atoms with van der Waals surface area (Å²) in [4.78, 5) is 15.7. The number of hydrogen-bond acceptors (Lipinski definition) is 5. The van der Waals surface area contributed by atoms with Crippen LogP contribution in [0.1, 0.15) is 42.5 Å². The minimum absolute atomic E-state index is 0.0316. The number of hydrogen-bond donors (Lipinski definition) is 1. The van der Waals surface area contributed by atoms with E-state index in [2.05, 4.69) is 25.3 Å². The number of likely N-dealkylation sites (N-methyl/N-ethyl adjacent to an activating group) is 1. The van der Waals surface area contributed by atoms with Gasteiger partial charge in [-0.1, -0.05) is 44.2 Å². The molecule has 3 aromatic carbocycles. The van der Waals surface area contributed by atoms with Crippen molar-refractivity contribution in [1.82, 2.24) is 4.90 Å². The van der Waals surface area contributed by atoms with Crippen LogP contribution in [0.2, 0.25) is 0 Å². The van der Waals surface area contributed by atoms with Crippen molar-refractivity contribution in [1.29, 1.82) is 0 Å². The maximum atomic E-state index is 13.4. The zero-order valence-corrected chi connectivity index (χ0v) is 23.3. The van der Waals surface area contributed by atoms with E-state index in [1.165, 1.54) is 18.2 Å². The van der Waals surface area contributed by atoms with E-state index in [4.69, 9.17) is 9.15 Å². The molecule has 0 aliphatic heterocycles. The molecule has 0 bridgehead atoms. The first-order valence-corrected chi connectivity index (χ1v) is 13.7. The van der Waals surface area contributed by atoms with E-state index >= 15 is 0 Å². The molecule has 0 unspecified atom stereocenters. The number of fused-ring (bicyclic) bond motifs is 1. The van der Waals surface area contributed by atoms with Gasteiger partial charge in [-0.25, -0.2) is 4.79 Å². The highest BCUT2D eigenvalue weighted by Gasteiger charge is 2.30. The zero-order valence-electron chi connectivity index (χ0n) is 23.3. The van der Waals surface area contributed by atoms with Crippen LogP contribution in [0.3, 0.4) is 0 Å². The molecule has 4 rings (SSSR count). The highest BCUT2D eigenvalue weighted by molar-refractivity contribution is 5.90. The number of benzene rings is 3. The summed E-state index contributed by atoms with van der Waals surface area (Å²) in [6.45, 7) is 11.4. The molecule has 0 amide bonds. The minimum atomic E-state index is -4.50. The molecule has 0 saturated heterocycles. The first-order chi connectivity index (χ1) is 19.7. The summed E-state index contributed by atoms with van der Waals surface area (Å²) in [5.74, 6) is 0.691. The SMILES string of the molecule is C=CCc1c(O)ccc2c(Cc3ccc(OCCN(CC)CCC)cc3)c(-c3ccc(C(F)(F)F)cc3)c(=O)oc12. The Kier molecular flexibility index (Phi) is 9.55. The van der Waals surface area contributed by atoms with E-state index in [1.54, 1.807) is 12.1 Å². The van der Waals surface area contributed by atoms with E-state index < -0.39 is 17.4 Å². The van der Waals surface area contributed by atoms with Crippen LogP contribution in [0.5, 0.6) is 11.5 Å². The summed E-state index contributed by atoms with van der Waals surface area (Å²) in [7, 11) is 0. The molecule has 0 fully saturated rings. The number of aromatic hydroxyl groups is 1. The summed E-state index contributed by atoms with van der Waals surface area (Å²) in [6, 6.07) is 15.2. The van der Waals surface area contributed by atoms with Crippen LogP contribution < -0.4 is 10.4 Å². The smallest absolute Gasteiger partial charge is 0.416 e. The molecule has 41 heavy (non-hydrogen) atoms. The van der Waals surface area contributed by atoms with E-state index in [9.17, 15) is 23.1 Å². The van der Waals surface area contributed by atoms with Crippen molar-refractivity contribution in [3.63, 3.8) is 0 Å². The Morgan fingerprint density at radius 3 is 2.29 bits per heavy atom. The average molecular weight is 566 g/mol. The zero-order chi connectivity index (χ0) is 29.6. The molecular formula is C33H34F3NO4. The van der Waals surface area contributed by atoms with Crippen molar-refractivity contribution in [2.24, 2.45) is 0 Å². The van der Waals surface area contributed by atoms with Crippen LogP contribution in [-0.4, -0.2) is 36.2 Å². The molecule has 1 heterocycles. The number of nitrogens with zero attached hydrogens (tertiary/aromatic N) is 1. The Labute approximate surface area is 237 Å². The number of phenols is 1. The highest BCUT2D eigenvalue weighted by Crippen LogP contribution is 2.36. The number of phenolic OH excluding ortho intramolecular Hbond substituents is 1. The molecule has 0 aliphatic rings. The number of ether oxygens (including phenoxy) is 1. The van der Waals surface area contributed by atoms with Gasteiger partial charge >= 0.3 is 11.8 Å². The summed E-state index contributed by atoms with van der Waals surface area (Å²) in [5, 5.41) is 11.0. The molecule has 1 aromatic heterocycles. The third kappa shape index (κ3) is 7.00. The number of alkyl halides is 3. The van der Waals surface area contributed by atoms with Gasteiger partial charge < -0.3 is 19.2 Å². The van der Waals surface area contributed by atoms with Crippen LogP contribution in [-0.2, 0) is 19.0 Å². The summed E-state index contributed by atoms with van der Waals surface area (Å²) in [6.07, 6.45) is -1.25. The topological polar surface area (TPSA) is 62.9 Å².